The van der Waals surface area contributed by atoms with Crippen LogP contribution in [0.15, 0.2) is 48.5 Å². The first kappa shape index (κ1) is 20.1. The van der Waals surface area contributed by atoms with Crippen LogP contribution in [-0.2, 0) is 4.74 Å². The number of esters is 1. The Hall–Kier alpha value is -3.26. The van der Waals surface area contributed by atoms with Crippen molar-refractivity contribution in [2.45, 2.75) is 0 Å². The fraction of sp³-hybridized carbons (Fsp3) is 0.158. The fourth-order valence-corrected chi connectivity index (χ4v) is 2.44. The van der Waals surface area contributed by atoms with Gasteiger partial charge in [-0.25, -0.2) is 4.79 Å². The average molecular weight is 385 g/mol. The molecule has 2 aromatic rings. The summed E-state index contributed by atoms with van der Waals surface area (Å²) in [6, 6.07) is 12.9. The molecule has 2 rings (SSSR count). The second kappa shape index (κ2) is 8.91. The van der Waals surface area contributed by atoms with Crippen molar-refractivity contribution in [1.82, 2.24) is 10.2 Å². The molecule has 0 spiro atoms. The lowest BCUT2D eigenvalue weighted by molar-refractivity contribution is 0.0600. The van der Waals surface area contributed by atoms with Gasteiger partial charge in [-0.2, -0.15) is 0 Å². The Labute approximate surface area is 162 Å². The van der Waals surface area contributed by atoms with E-state index in [1.807, 2.05) is 0 Å². The van der Waals surface area contributed by atoms with Crippen molar-refractivity contribution >= 4 is 40.8 Å². The minimum atomic E-state index is -0.535. The number of nitrogens with zero attached hydrogens (tertiary/aromatic N) is 1. The first-order valence-electron chi connectivity index (χ1n) is 7.94. The van der Waals surface area contributed by atoms with Crippen LogP contribution in [0.5, 0.6) is 0 Å². The van der Waals surface area contributed by atoms with Gasteiger partial charge in [0.25, 0.3) is 11.8 Å². The lowest BCUT2D eigenvalue weighted by atomic mass is 10.1. The zero-order valence-corrected chi connectivity index (χ0v) is 15.9. The molecule has 0 aliphatic rings. The largest absolute Gasteiger partial charge is 0.465 e. The summed E-state index contributed by atoms with van der Waals surface area (Å²) >= 11 is 5.15. The van der Waals surface area contributed by atoms with E-state index in [1.165, 1.54) is 18.1 Å². The molecular formula is C19H19N3O4S. The molecule has 0 bridgehead atoms. The molecule has 8 heteroatoms. The normalized spacial score (nSPS) is 9.89. The molecule has 0 heterocycles. The van der Waals surface area contributed by atoms with Crippen LogP contribution in [0.3, 0.4) is 0 Å². The fourth-order valence-electron chi connectivity index (χ4n) is 2.23. The number of amides is 2. The first-order chi connectivity index (χ1) is 12.8. The van der Waals surface area contributed by atoms with Gasteiger partial charge >= 0.3 is 5.97 Å². The number of thiocarbonyl (C=S) groups is 1. The van der Waals surface area contributed by atoms with Crippen LogP contribution < -0.4 is 10.6 Å². The van der Waals surface area contributed by atoms with Gasteiger partial charge in [-0.15, -0.1) is 0 Å². The highest BCUT2D eigenvalue weighted by molar-refractivity contribution is 7.80. The number of benzene rings is 2. The van der Waals surface area contributed by atoms with Crippen LogP contribution in [0.4, 0.5) is 5.69 Å². The topological polar surface area (TPSA) is 87.7 Å². The van der Waals surface area contributed by atoms with Crippen molar-refractivity contribution in [2.75, 3.05) is 26.5 Å². The number of carbonyl (C=O) groups excluding carboxylic acids is 3. The molecule has 0 aromatic heterocycles. The van der Waals surface area contributed by atoms with E-state index in [1.54, 1.807) is 56.6 Å². The minimum absolute atomic E-state index is 0.0675. The number of nitrogens with one attached hydrogen (secondary N) is 2. The maximum absolute atomic E-state index is 12.3. The van der Waals surface area contributed by atoms with E-state index in [2.05, 4.69) is 15.4 Å². The van der Waals surface area contributed by atoms with Gasteiger partial charge in [0.2, 0.25) is 0 Å². The third-order valence-corrected chi connectivity index (χ3v) is 3.75. The van der Waals surface area contributed by atoms with Gasteiger partial charge in [0, 0.05) is 30.9 Å². The van der Waals surface area contributed by atoms with Crippen LogP contribution >= 0.6 is 12.2 Å². The molecule has 27 heavy (non-hydrogen) atoms. The Bertz CT molecular complexity index is 896. The molecule has 0 saturated carbocycles. The third kappa shape index (κ3) is 5.35. The van der Waals surface area contributed by atoms with E-state index in [9.17, 15) is 14.4 Å². The van der Waals surface area contributed by atoms with E-state index < -0.39 is 11.9 Å². The van der Waals surface area contributed by atoms with Gasteiger partial charge in [-0.05, 0) is 48.6 Å². The zero-order chi connectivity index (χ0) is 20.0. The summed E-state index contributed by atoms with van der Waals surface area (Å²) in [6.45, 7) is 0. The number of anilines is 1. The van der Waals surface area contributed by atoms with Crippen molar-refractivity contribution in [3.63, 3.8) is 0 Å². The van der Waals surface area contributed by atoms with E-state index in [0.717, 1.165) is 0 Å². The van der Waals surface area contributed by atoms with Crippen molar-refractivity contribution in [2.24, 2.45) is 0 Å². The Kier molecular flexibility index (Phi) is 6.62. The number of methoxy groups -OCH3 is 1. The lowest BCUT2D eigenvalue weighted by Gasteiger charge is -2.13. The molecule has 0 aliphatic carbocycles. The average Bonchev–Trinajstić information content (AvgIpc) is 2.66. The van der Waals surface area contributed by atoms with Gasteiger partial charge < -0.3 is 15.0 Å². The quantitative estimate of drug-likeness (QED) is 0.620. The number of rotatable bonds is 4. The van der Waals surface area contributed by atoms with Gasteiger partial charge in [0.1, 0.15) is 0 Å². The summed E-state index contributed by atoms with van der Waals surface area (Å²) < 4.78 is 4.64. The summed E-state index contributed by atoms with van der Waals surface area (Å²) in [4.78, 5) is 37.4. The monoisotopic (exact) mass is 385 g/mol. The van der Waals surface area contributed by atoms with Crippen LogP contribution in [0, 0.1) is 0 Å². The Morgan fingerprint density at radius 3 is 2.26 bits per heavy atom. The van der Waals surface area contributed by atoms with Crippen molar-refractivity contribution in [1.29, 1.82) is 0 Å². The molecule has 0 radical (unpaired) electrons. The third-order valence-electron chi connectivity index (χ3n) is 3.55. The highest BCUT2D eigenvalue weighted by atomic mass is 32.1. The number of carbonyl (C=O) groups is 3. The molecule has 140 valence electrons. The Morgan fingerprint density at radius 1 is 0.963 bits per heavy atom. The van der Waals surface area contributed by atoms with Crippen LogP contribution in [0.1, 0.15) is 31.1 Å². The highest BCUT2D eigenvalue weighted by Gasteiger charge is 2.13. The summed E-state index contributed by atoms with van der Waals surface area (Å²) in [5.41, 5.74) is 1.58. The standard InChI is InChI=1S/C19H19N3O4S/c1-22(2)17(24)13-7-5-9-15(11-13)20-19(27)21-16(23)12-6-4-8-14(10-12)18(25)26-3/h4-11H,1-3H3,(H2,20,21,23,27). The van der Waals surface area contributed by atoms with E-state index in [-0.39, 0.29) is 22.1 Å². The van der Waals surface area contributed by atoms with Crippen molar-refractivity contribution < 1.29 is 19.1 Å². The van der Waals surface area contributed by atoms with Gasteiger partial charge in [0.15, 0.2) is 5.11 Å². The summed E-state index contributed by atoms with van der Waals surface area (Å²) in [7, 11) is 4.59. The SMILES string of the molecule is COC(=O)c1cccc(C(=O)NC(=S)Nc2cccc(C(=O)N(C)C)c2)c1. The Morgan fingerprint density at radius 2 is 1.59 bits per heavy atom. The summed E-state index contributed by atoms with van der Waals surface area (Å²) in [5.74, 6) is -1.15. The van der Waals surface area contributed by atoms with Gasteiger partial charge in [-0.3, -0.25) is 14.9 Å². The highest BCUT2D eigenvalue weighted by Crippen LogP contribution is 2.12. The molecule has 7 nitrogen and oxygen atoms in total. The van der Waals surface area contributed by atoms with Gasteiger partial charge in [-0.1, -0.05) is 12.1 Å². The molecule has 0 unspecified atom stereocenters. The van der Waals surface area contributed by atoms with Crippen LogP contribution in [0.25, 0.3) is 0 Å². The maximum atomic E-state index is 12.3. The maximum Gasteiger partial charge on any atom is 0.337 e. The van der Waals surface area contributed by atoms with E-state index >= 15 is 0 Å². The number of ether oxygens (including phenoxy) is 1. The van der Waals surface area contributed by atoms with Gasteiger partial charge in [0.05, 0.1) is 12.7 Å². The molecule has 2 aromatic carbocycles. The van der Waals surface area contributed by atoms with Crippen LogP contribution in [-0.4, -0.2) is 49.0 Å². The predicted octanol–water partition coefficient (Wildman–Crippen LogP) is 2.30. The van der Waals surface area contributed by atoms with E-state index in [4.69, 9.17) is 12.2 Å². The van der Waals surface area contributed by atoms with Crippen LogP contribution in [0.2, 0.25) is 0 Å². The molecule has 0 saturated heterocycles. The molecule has 0 aliphatic heterocycles. The molecule has 2 amide bonds. The molecule has 2 N–H and O–H groups in total. The zero-order valence-electron chi connectivity index (χ0n) is 15.1. The summed E-state index contributed by atoms with van der Waals surface area (Å²) in [5, 5.41) is 5.46. The minimum Gasteiger partial charge on any atom is -0.465 e. The second-order valence-electron chi connectivity index (χ2n) is 5.76. The number of hydrogen-bond acceptors (Lipinski definition) is 5. The predicted molar refractivity (Wildman–Crippen MR) is 106 cm³/mol. The first-order valence-corrected chi connectivity index (χ1v) is 8.35. The summed E-state index contributed by atoms with van der Waals surface area (Å²) in [6.07, 6.45) is 0. The second-order valence-corrected chi connectivity index (χ2v) is 6.17. The Balaban J connectivity index is 2.06. The lowest BCUT2D eigenvalue weighted by Crippen LogP contribution is -2.34. The molecule has 0 fully saturated rings. The van der Waals surface area contributed by atoms with E-state index in [0.29, 0.717) is 11.3 Å². The molecule has 0 atom stereocenters. The number of hydrogen-bond donors (Lipinski definition) is 2. The molecular weight excluding hydrogens is 366 g/mol. The smallest absolute Gasteiger partial charge is 0.337 e. The van der Waals surface area contributed by atoms with Crippen molar-refractivity contribution in [3.8, 4) is 0 Å². The van der Waals surface area contributed by atoms with Crippen molar-refractivity contribution in [3.05, 3.63) is 65.2 Å².